The van der Waals surface area contributed by atoms with Crippen molar-refractivity contribution in [3.05, 3.63) is 53.7 Å². The third-order valence-corrected chi connectivity index (χ3v) is 5.11. The van der Waals surface area contributed by atoms with Crippen molar-refractivity contribution in [2.45, 2.75) is 12.6 Å². The van der Waals surface area contributed by atoms with Crippen LogP contribution in [0.3, 0.4) is 0 Å². The van der Waals surface area contributed by atoms with Crippen molar-refractivity contribution in [3.8, 4) is 5.75 Å². The van der Waals surface area contributed by atoms with Crippen LogP contribution < -0.4 is 9.64 Å². The van der Waals surface area contributed by atoms with Gasteiger partial charge in [-0.15, -0.1) is 10.2 Å². The summed E-state index contributed by atoms with van der Waals surface area (Å²) < 4.78 is 45.7. The zero-order valence-corrected chi connectivity index (χ0v) is 16.3. The second kappa shape index (κ2) is 7.85. The van der Waals surface area contributed by atoms with Crippen LogP contribution in [0.4, 0.5) is 19.1 Å². The van der Waals surface area contributed by atoms with E-state index in [1.807, 2.05) is 4.90 Å². The van der Waals surface area contributed by atoms with Gasteiger partial charge in [-0.2, -0.15) is 13.2 Å². The highest BCUT2D eigenvalue weighted by molar-refractivity contribution is 5.94. The van der Waals surface area contributed by atoms with Gasteiger partial charge in [0.05, 0.1) is 12.7 Å². The zero-order chi connectivity index (χ0) is 21.3. The van der Waals surface area contributed by atoms with Gasteiger partial charge >= 0.3 is 6.18 Å². The number of rotatable bonds is 3. The van der Waals surface area contributed by atoms with Crippen molar-refractivity contribution in [2.24, 2.45) is 0 Å². The van der Waals surface area contributed by atoms with Gasteiger partial charge in [-0.25, -0.2) is 0 Å². The Morgan fingerprint density at radius 2 is 1.77 bits per heavy atom. The summed E-state index contributed by atoms with van der Waals surface area (Å²) in [6, 6.07) is 9.20. The second-order valence-electron chi connectivity index (χ2n) is 7.01. The number of methoxy groups -OCH3 is 1. The molecule has 1 aromatic carbocycles. The summed E-state index contributed by atoms with van der Waals surface area (Å²) in [4.78, 5) is 16.4. The number of benzene rings is 1. The number of ether oxygens (including phenoxy) is 1. The molecule has 1 aliphatic rings. The van der Waals surface area contributed by atoms with E-state index < -0.39 is 11.7 Å². The normalized spacial score (nSPS) is 15.3. The molecule has 1 fully saturated rings. The molecule has 0 radical (unpaired) electrons. The third kappa shape index (κ3) is 3.89. The number of halogens is 3. The summed E-state index contributed by atoms with van der Waals surface area (Å²) in [6.07, 6.45) is -2.78. The van der Waals surface area contributed by atoms with Gasteiger partial charge in [0.25, 0.3) is 5.91 Å². The molecule has 0 spiro atoms. The number of anilines is 1. The first kappa shape index (κ1) is 20.0. The summed E-state index contributed by atoms with van der Waals surface area (Å²) >= 11 is 0. The number of nitrogens with zero attached hydrogens (tertiary/aromatic N) is 5. The molecule has 0 saturated carbocycles. The van der Waals surface area contributed by atoms with Crippen molar-refractivity contribution in [3.63, 3.8) is 0 Å². The molecule has 0 unspecified atom stereocenters. The first-order valence-corrected chi connectivity index (χ1v) is 9.47. The lowest BCUT2D eigenvalue weighted by molar-refractivity contribution is -0.137. The van der Waals surface area contributed by atoms with Gasteiger partial charge < -0.3 is 14.5 Å². The minimum Gasteiger partial charge on any atom is -0.497 e. The largest absolute Gasteiger partial charge is 0.497 e. The Labute approximate surface area is 170 Å². The molecular formula is C20H20F3N5O2. The van der Waals surface area contributed by atoms with Crippen molar-refractivity contribution in [2.75, 3.05) is 38.2 Å². The van der Waals surface area contributed by atoms with E-state index in [0.717, 1.165) is 12.3 Å². The second-order valence-corrected chi connectivity index (χ2v) is 7.01. The van der Waals surface area contributed by atoms with Gasteiger partial charge in [0.2, 0.25) is 5.95 Å². The first-order valence-electron chi connectivity index (χ1n) is 9.47. The van der Waals surface area contributed by atoms with Gasteiger partial charge in [0, 0.05) is 37.9 Å². The topological polar surface area (TPSA) is 63.0 Å². The van der Waals surface area contributed by atoms with Crippen molar-refractivity contribution in [1.29, 1.82) is 0 Å². The Kier molecular flexibility index (Phi) is 5.23. The molecular weight excluding hydrogens is 399 g/mol. The molecule has 1 saturated heterocycles. The van der Waals surface area contributed by atoms with Gasteiger partial charge in [-0.05, 0) is 42.8 Å². The number of hydrogen-bond donors (Lipinski definition) is 0. The number of aromatic nitrogens is 3. The van der Waals surface area contributed by atoms with E-state index in [1.165, 1.54) is 10.5 Å². The van der Waals surface area contributed by atoms with Crippen LogP contribution in [0.2, 0.25) is 0 Å². The molecule has 10 heteroatoms. The van der Waals surface area contributed by atoms with Crippen LogP contribution in [0.15, 0.2) is 42.6 Å². The summed E-state index contributed by atoms with van der Waals surface area (Å²) in [5.74, 6) is 0.922. The maximum absolute atomic E-state index is 13.1. The van der Waals surface area contributed by atoms with E-state index in [2.05, 4.69) is 10.2 Å². The predicted octanol–water partition coefficient (Wildman–Crippen LogP) is 3.11. The van der Waals surface area contributed by atoms with Gasteiger partial charge in [-0.3, -0.25) is 9.20 Å². The number of hydrogen-bond acceptors (Lipinski definition) is 5. The van der Waals surface area contributed by atoms with Crippen LogP contribution in [0.1, 0.15) is 22.3 Å². The molecule has 30 heavy (non-hydrogen) atoms. The van der Waals surface area contributed by atoms with Gasteiger partial charge in [0.15, 0.2) is 5.65 Å². The molecule has 1 amide bonds. The SMILES string of the molecule is COc1ccc(C(=O)N2CCCN(c3nnc4ccc(C(F)(F)F)cn34)CC2)cc1. The minimum absolute atomic E-state index is 0.0926. The van der Waals surface area contributed by atoms with Crippen LogP contribution in [0.25, 0.3) is 5.65 Å². The van der Waals surface area contributed by atoms with Crippen molar-refractivity contribution in [1.82, 2.24) is 19.5 Å². The summed E-state index contributed by atoms with van der Waals surface area (Å²) in [7, 11) is 1.56. The highest BCUT2D eigenvalue weighted by Gasteiger charge is 2.31. The van der Waals surface area contributed by atoms with E-state index in [-0.39, 0.29) is 5.91 Å². The number of alkyl halides is 3. The summed E-state index contributed by atoms with van der Waals surface area (Å²) in [5.41, 5.74) is 0.141. The highest BCUT2D eigenvalue weighted by Crippen LogP contribution is 2.30. The Morgan fingerprint density at radius 1 is 1.00 bits per heavy atom. The van der Waals surface area contributed by atoms with Crippen molar-refractivity contribution >= 4 is 17.5 Å². The van der Waals surface area contributed by atoms with Crippen LogP contribution in [0.5, 0.6) is 5.75 Å². The summed E-state index contributed by atoms with van der Waals surface area (Å²) in [6.45, 7) is 1.98. The summed E-state index contributed by atoms with van der Waals surface area (Å²) in [5, 5.41) is 8.06. The molecule has 4 rings (SSSR count). The Morgan fingerprint density at radius 3 is 2.47 bits per heavy atom. The van der Waals surface area contributed by atoms with E-state index in [9.17, 15) is 18.0 Å². The number of carbonyl (C=O) groups excluding carboxylic acids is 1. The molecule has 1 aliphatic heterocycles. The highest BCUT2D eigenvalue weighted by atomic mass is 19.4. The van der Waals surface area contributed by atoms with Gasteiger partial charge in [-0.1, -0.05) is 0 Å². The predicted molar refractivity (Wildman–Crippen MR) is 104 cm³/mol. The molecule has 2 aromatic heterocycles. The van der Waals surface area contributed by atoms with E-state index >= 15 is 0 Å². The lowest BCUT2D eigenvalue weighted by atomic mass is 10.2. The molecule has 7 nitrogen and oxygen atoms in total. The zero-order valence-electron chi connectivity index (χ0n) is 16.3. The smallest absolute Gasteiger partial charge is 0.417 e. The lowest BCUT2D eigenvalue weighted by Gasteiger charge is -2.22. The Hall–Kier alpha value is -3.30. The standard InChI is InChI=1S/C20H20F3N5O2/c1-30-16-6-3-14(4-7-16)18(29)26-9-2-10-27(12-11-26)19-25-24-17-8-5-15(13-28(17)19)20(21,22)23/h3-8,13H,2,9-12H2,1H3. The molecule has 0 bridgehead atoms. The number of amides is 1. The van der Waals surface area contributed by atoms with Crippen LogP contribution in [0, 0.1) is 0 Å². The maximum Gasteiger partial charge on any atom is 0.417 e. The molecule has 158 valence electrons. The van der Waals surface area contributed by atoms with E-state index in [0.29, 0.717) is 55.5 Å². The number of pyridine rings is 1. The van der Waals surface area contributed by atoms with Crippen LogP contribution in [-0.4, -0.2) is 58.7 Å². The fraction of sp³-hybridized carbons (Fsp3) is 0.350. The Balaban J connectivity index is 1.52. The third-order valence-electron chi connectivity index (χ3n) is 5.11. The average molecular weight is 419 g/mol. The molecule has 0 N–H and O–H groups in total. The molecule has 3 heterocycles. The van der Waals surface area contributed by atoms with Crippen LogP contribution >= 0.6 is 0 Å². The maximum atomic E-state index is 13.1. The van der Waals surface area contributed by atoms with Crippen LogP contribution in [-0.2, 0) is 6.18 Å². The molecule has 0 atom stereocenters. The fourth-order valence-corrected chi connectivity index (χ4v) is 3.50. The average Bonchev–Trinajstić information content (AvgIpc) is 3.01. The molecule has 3 aromatic rings. The quantitative estimate of drug-likeness (QED) is 0.653. The number of carbonyl (C=O) groups is 1. The molecule has 0 aliphatic carbocycles. The minimum atomic E-state index is -4.45. The lowest BCUT2D eigenvalue weighted by Crippen LogP contribution is -2.35. The van der Waals surface area contributed by atoms with E-state index in [1.54, 1.807) is 36.3 Å². The fourth-order valence-electron chi connectivity index (χ4n) is 3.50. The van der Waals surface area contributed by atoms with E-state index in [4.69, 9.17) is 4.74 Å². The first-order chi connectivity index (χ1) is 14.4. The number of fused-ring (bicyclic) bond motifs is 1. The van der Waals surface area contributed by atoms with Gasteiger partial charge in [0.1, 0.15) is 5.75 Å². The Bertz CT molecular complexity index is 1050. The van der Waals surface area contributed by atoms with Crippen molar-refractivity contribution < 1.29 is 22.7 Å². The monoisotopic (exact) mass is 419 g/mol.